The third kappa shape index (κ3) is 18.2. The Labute approximate surface area is 208 Å². The maximum atomic E-state index is 3.45. The van der Waals surface area contributed by atoms with E-state index in [2.05, 4.69) is 63.3 Å². The van der Waals surface area contributed by atoms with Crippen molar-refractivity contribution in [1.29, 1.82) is 0 Å². The van der Waals surface area contributed by atoms with Crippen LogP contribution in [-0.2, 0) is 6.54 Å². The second kappa shape index (κ2) is 20.5. The zero-order valence-corrected chi connectivity index (χ0v) is 23.1. The van der Waals surface area contributed by atoms with Crippen molar-refractivity contribution in [2.45, 2.75) is 123 Å². The van der Waals surface area contributed by atoms with Gasteiger partial charge < -0.3 is 9.38 Å². The molecule has 0 aliphatic heterocycles. The van der Waals surface area contributed by atoms with Crippen LogP contribution in [0.25, 0.3) is 0 Å². The Morgan fingerprint density at radius 2 is 1.15 bits per heavy atom. The van der Waals surface area contributed by atoms with Crippen LogP contribution in [-0.4, -0.2) is 50.2 Å². The van der Waals surface area contributed by atoms with Gasteiger partial charge in [0, 0.05) is 18.5 Å². The zero-order valence-electron chi connectivity index (χ0n) is 23.1. The Balaban J connectivity index is 2.06. The molecule has 2 heteroatoms. The first-order valence-electron chi connectivity index (χ1n) is 14.5. The lowest BCUT2D eigenvalue weighted by molar-refractivity contribution is -0.923. The van der Waals surface area contributed by atoms with Crippen molar-refractivity contribution in [3.8, 4) is 0 Å². The van der Waals surface area contributed by atoms with Crippen LogP contribution in [0.1, 0.15) is 122 Å². The molecule has 0 saturated heterocycles. The summed E-state index contributed by atoms with van der Waals surface area (Å²) in [6, 6.07) is 12.0. The Kier molecular flexibility index (Phi) is 18.7. The van der Waals surface area contributed by atoms with E-state index in [0.29, 0.717) is 0 Å². The molecule has 1 atom stereocenters. The van der Waals surface area contributed by atoms with Crippen molar-refractivity contribution in [3.05, 3.63) is 35.9 Å². The number of unbranched alkanes of at least 4 members (excludes halogenated alkanes) is 15. The quantitative estimate of drug-likeness (QED) is 0.117. The second-order valence-electron chi connectivity index (χ2n) is 11.1. The van der Waals surface area contributed by atoms with Gasteiger partial charge in [0.25, 0.3) is 0 Å². The number of rotatable bonds is 23. The first kappa shape index (κ1) is 30.2. The molecule has 33 heavy (non-hydrogen) atoms. The molecule has 1 rings (SSSR count). The first-order chi connectivity index (χ1) is 16.1. The lowest BCUT2D eigenvalue weighted by Gasteiger charge is -2.35. The molecule has 0 aromatic heterocycles. The molecule has 0 saturated carbocycles. The molecule has 0 fully saturated rings. The van der Waals surface area contributed by atoms with Gasteiger partial charge in [0.05, 0.1) is 20.1 Å². The lowest BCUT2D eigenvalue weighted by atomic mass is 10.0. The van der Waals surface area contributed by atoms with Gasteiger partial charge in [0.15, 0.2) is 0 Å². The molecule has 0 bridgehead atoms. The molecule has 1 radical (unpaired) electrons. The SMILES string of the molecule is CCCCCCCCCCCCCCCCCC[N+](C)(CCCN(C)C)Cc1[c]cccc1. The second-order valence-corrected chi connectivity index (χ2v) is 11.1. The third-order valence-electron chi connectivity index (χ3n) is 7.18. The molecular formula is C31H58N2+. The highest BCUT2D eigenvalue weighted by Gasteiger charge is 2.21. The summed E-state index contributed by atoms with van der Waals surface area (Å²) in [5.74, 6) is 0. The van der Waals surface area contributed by atoms with Gasteiger partial charge >= 0.3 is 0 Å². The smallest absolute Gasteiger partial charge is 0.105 e. The minimum Gasteiger partial charge on any atom is -0.322 e. The fourth-order valence-corrected chi connectivity index (χ4v) is 5.02. The number of benzene rings is 1. The topological polar surface area (TPSA) is 3.24 Å². The van der Waals surface area contributed by atoms with E-state index in [1.165, 1.54) is 134 Å². The Morgan fingerprint density at radius 1 is 0.667 bits per heavy atom. The highest BCUT2D eigenvalue weighted by Crippen LogP contribution is 2.17. The molecule has 0 amide bonds. The molecule has 0 aliphatic rings. The van der Waals surface area contributed by atoms with Crippen molar-refractivity contribution >= 4 is 0 Å². The lowest BCUT2D eigenvalue weighted by Crippen LogP contribution is -2.45. The van der Waals surface area contributed by atoms with Crippen LogP contribution >= 0.6 is 0 Å². The molecule has 0 heterocycles. The van der Waals surface area contributed by atoms with E-state index in [4.69, 9.17) is 0 Å². The number of nitrogens with zero attached hydrogens (tertiary/aromatic N) is 2. The fraction of sp³-hybridized carbons (Fsp3) is 0.806. The Morgan fingerprint density at radius 3 is 1.61 bits per heavy atom. The van der Waals surface area contributed by atoms with Crippen molar-refractivity contribution in [1.82, 2.24) is 4.90 Å². The predicted molar refractivity (Wildman–Crippen MR) is 148 cm³/mol. The summed E-state index contributed by atoms with van der Waals surface area (Å²) >= 11 is 0. The average Bonchev–Trinajstić information content (AvgIpc) is 2.79. The highest BCUT2D eigenvalue weighted by atomic mass is 15.3. The Bertz CT molecular complexity index is 527. The maximum Gasteiger partial charge on any atom is 0.105 e. The Hall–Kier alpha value is -0.860. The molecule has 0 N–H and O–H groups in total. The molecule has 191 valence electrons. The van der Waals surface area contributed by atoms with Gasteiger partial charge in [-0.15, -0.1) is 0 Å². The van der Waals surface area contributed by atoms with Crippen molar-refractivity contribution < 1.29 is 4.48 Å². The number of hydrogen-bond donors (Lipinski definition) is 0. The normalized spacial score (nSPS) is 13.5. The van der Waals surface area contributed by atoms with E-state index >= 15 is 0 Å². The molecule has 1 aromatic rings. The minimum atomic E-state index is 1.12. The van der Waals surface area contributed by atoms with Gasteiger partial charge in [0.2, 0.25) is 0 Å². The molecule has 1 unspecified atom stereocenters. The molecule has 2 nitrogen and oxygen atoms in total. The third-order valence-corrected chi connectivity index (χ3v) is 7.18. The highest BCUT2D eigenvalue weighted by molar-refractivity contribution is 5.11. The van der Waals surface area contributed by atoms with Crippen LogP contribution in [0.5, 0.6) is 0 Å². The zero-order chi connectivity index (χ0) is 24.0. The summed E-state index contributed by atoms with van der Waals surface area (Å²) in [6.07, 6.45) is 24.3. The van der Waals surface area contributed by atoms with Crippen molar-refractivity contribution in [3.63, 3.8) is 0 Å². The van der Waals surface area contributed by atoms with Gasteiger partial charge in [0.1, 0.15) is 6.54 Å². The van der Waals surface area contributed by atoms with Crippen LogP contribution in [0.2, 0.25) is 0 Å². The van der Waals surface area contributed by atoms with Crippen molar-refractivity contribution in [2.24, 2.45) is 0 Å². The predicted octanol–water partition coefficient (Wildman–Crippen LogP) is 8.65. The van der Waals surface area contributed by atoms with Crippen LogP contribution < -0.4 is 0 Å². The van der Waals surface area contributed by atoms with Crippen LogP contribution in [0.3, 0.4) is 0 Å². The summed E-state index contributed by atoms with van der Waals surface area (Å²) in [5, 5.41) is 0. The fourth-order valence-electron chi connectivity index (χ4n) is 5.02. The van der Waals surface area contributed by atoms with Gasteiger partial charge in [-0.25, -0.2) is 0 Å². The van der Waals surface area contributed by atoms with Crippen molar-refractivity contribution in [2.75, 3.05) is 40.8 Å². The maximum absolute atomic E-state index is 3.45. The van der Waals surface area contributed by atoms with E-state index in [1.807, 2.05) is 0 Å². The average molecular weight is 459 g/mol. The van der Waals surface area contributed by atoms with Crippen LogP contribution in [0, 0.1) is 6.07 Å². The van der Waals surface area contributed by atoms with E-state index in [-0.39, 0.29) is 0 Å². The monoisotopic (exact) mass is 458 g/mol. The van der Waals surface area contributed by atoms with E-state index in [9.17, 15) is 0 Å². The summed E-state index contributed by atoms with van der Waals surface area (Å²) in [4.78, 5) is 2.31. The van der Waals surface area contributed by atoms with Crippen LogP contribution in [0.4, 0.5) is 0 Å². The van der Waals surface area contributed by atoms with Gasteiger partial charge in [-0.1, -0.05) is 121 Å². The summed E-state index contributed by atoms with van der Waals surface area (Å²) < 4.78 is 1.16. The van der Waals surface area contributed by atoms with Gasteiger partial charge in [-0.2, -0.15) is 0 Å². The molecular weight excluding hydrogens is 400 g/mol. The minimum absolute atomic E-state index is 1.12. The first-order valence-corrected chi connectivity index (χ1v) is 14.5. The summed E-state index contributed by atoms with van der Waals surface area (Å²) in [7, 11) is 6.83. The number of hydrogen-bond acceptors (Lipinski definition) is 1. The van der Waals surface area contributed by atoms with E-state index < -0.39 is 0 Å². The summed E-state index contributed by atoms with van der Waals surface area (Å²) in [6.45, 7) is 7.17. The molecule has 0 spiro atoms. The molecule has 1 aromatic carbocycles. The standard InChI is InChI=1S/C31H58N2/c1-5-6-7-8-9-10-11-12-13-14-15-16-17-18-19-23-28-33(4,29-24-27-32(2)3)30-31-25-21-20-22-26-31/h20-22,25H,5-19,23-24,27-30H2,1-4H3/q+1. The van der Waals surface area contributed by atoms with E-state index in [1.54, 1.807) is 0 Å². The largest absolute Gasteiger partial charge is 0.322 e. The van der Waals surface area contributed by atoms with Crippen LogP contribution in [0.15, 0.2) is 24.3 Å². The summed E-state index contributed by atoms with van der Waals surface area (Å²) in [5.41, 5.74) is 1.36. The van der Waals surface area contributed by atoms with E-state index in [0.717, 1.165) is 11.0 Å². The van der Waals surface area contributed by atoms with Gasteiger partial charge in [-0.3, -0.25) is 0 Å². The van der Waals surface area contributed by atoms with Gasteiger partial charge in [-0.05, 0) is 33.0 Å². The number of quaternary nitrogens is 1. The molecule has 0 aliphatic carbocycles.